The number of rotatable bonds is 5. The topological polar surface area (TPSA) is 82.0 Å². The van der Waals surface area contributed by atoms with E-state index < -0.39 is 15.8 Å². The lowest BCUT2D eigenvalue weighted by Crippen LogP contribution is -2.26. The molecular weight excluding hydrogens is 245 g/mol. The molecule has 0 aromatic heterocycles. The van der Waals surface area contributed by atoms with Gasteiger partial charge in [-0.2, -0.15) is 5.26 Å². The van der Waals surface area contributed by atoms with E-state index in [0.717, 1.165) is 6.07 Å². The van der Waals surface area contributed by atoms with Crippen molar-refractivity contribution in [3.8, 4) is 6.07 Å². The molecule has 0 saturated carbocycles. The highest BCUT2D eigenvalue weighted by Crippen LogP contribution is 2.15. The van der Waals surface area contributed by atoms with Crippen molar-refractivity contribution >= 4 is 15.7 Å². The largest absolute Gasteiger partial charge is 0.383 e. The second-order valence-corrected chi connectivity index (χ2v) is 5.30. The van der Waals surface area contributed by atoms with Gasteiger partial charge in [0.05, 0.1) is 17.0 Å². The van der Waals surface area contributed by atoms with Crippen molar-refractivity contribution in [2.45, 2.75) is 0 Å². The Labute approximate surface area is 99.3 Å². The lowest BCUT2D eigenvalue weighted by atomic mass is 10.2. The van der Waals surface area contributed by atoms with E-state index in [1.54, 1.807) is 0 Å². The van der Waals surface area contributed by atoms with Crippen molar-refractivity contribution in [1.29, 1.82) is 5.26 Å². The summed E-state index contributed by atoms with van der Waals surface area (Å²) in [7, 11) is -1.96. The molecule has 0 saturated heterocycles. The third-order valence-corrected chi connectivity index (χ3v) is 3.46. The second kappa shape index (κ2) is 5.61. The number of hydrogen-bond acceptors (Lipinski definition) is 4. The average Bonchev–Trinajstić information content (AvgIpc) is 2.30. The van der Waals surface area contributed by atoms with Crippen LogP contribution >= 0.6 is 0 Å². The molecule has 0 atom stereocenters. The van der Waals surface area contributed by atoms with Crippen LogP contribution in [0.4, 0.5) is 10.1 Å². The summed E-state index contributed by atoms with van der Waals surface area (Å²) in [4.78, 5) is 0. The SMILES string of the molecule is CNS(=O)(=O)CCNc1ccc(F)cc1C#N. The molecule has 17 heavy (non-hydrogen) atoms. The van der Waals surface area contributed by atoms with Gasteiger partial charge in [0.2, 0.25) is 10.0 Å². The molecule has 0 heterocycles. The lowest BCUT2D eigenvalue weighted by molar-refractivity contribution is 0.588. The smallest absolute Gasteiger partial charge is 0.213 e. The van der Waals surface area contributed by atoms with E-state index in [0.29, 0.717) is 5.69 Å². The lowest BCUT2D eigenvalue weighted by Gasteiger charge is -2.08. The van der Waals surface area contributed by atoms with E-state index >= 15 is 0 Å². The van der Waals surface area contributed by atoms with E-state index in [2.05, 4.69) is 10.0 Å². The molecule has 0 radical (unpaired) electrons. The molecule has 5 nitrogen and oxygen atoms in total. The Bertz CT molecular complexity index is 537. The Kier molecular flexibility index (Phi) is 4.43. The van der Waals surface area contributed by atoms with Crippen LogP contribution in [0.3, 0.4) is 0 Å². The summed E-state index contributed by atoms with van der Waals surface area (Å²) < 4.78 is 37.2. The fourth-order valence-electron chi connectivity index (χ4n) is 1.19. The predicted molar refractivity (Wildman–Crippen MR) is 62.5 cm³/mol. The van der Waals surface area contributed by atoms with Gasteiger partial charge in [0.25, 0.3) is 0 Å². The molecule has 0 bridgehead atoms. The van der Waals surface area contributed by atoms with Crippen LogP contribution in [-0.4, -0.2) is 27.8 Å². The van der Waals surface area contributed by atoms with Crippen LogP contribution in [0.1, 0.15) is 5.56 Å². The van der Waals surface area contributed by atoms with Crippen LogP contribution in [0.2, 0.25) is 0 Å². The van der Waals surface area contributed by atoms with Gasteiger partial charge in [-0.3, -0.25) is 0 Å². The van der Waals surface area contributed by atoms with Crippen LogP contribution < -0.4 is 10.0 Å². The minimum Gasteiger partial charge on any atom is -0.383 e. The summed E-state index contributed by atoms with van der Waals surface area (Å²) in [5, 5.41) is 11.5. The molecule has 0 spiro atoms. The minimum absolute atomic E-state index is 0.119. The number of sulfonamides is 1. The summed E-state index contributed by atoms with van der Waals surface area (Å²) in [5.74, 6) is -0.624. The van der Waals surface area contributed by atoms with Crippen molar-refractivity contribution in [2.24, 2.45) is 0 Å². The van der Waals surface area contributed by atoms with E-state index in [1.807, 2.05) is 6.07 Å². The van der Waals surface area contributed by atoms with Gasteiger partial charge >= 0.3 is 0 Å². The van der Waals surface area contributed by atoms with Crippen LogP contribution in [0, 0.1) is 17.1 Å². The predicted octanol–water partition coefficient (Wildman–Crippen LogP) is 0.658. The van der Waals surface area contributed by atoms with E-state index in [4.69, 9.17) is 5.26 Å². The van der Waals surface area contributed by atoms with Gasteiger partial charge in [0, 0.05) is 6.54 Å². The maximum Gasteiger partial charge on any atom is 0.213 e. The Morgan fingerprint density at radius 2 is 2.18 bits per heavy atom. The monoisotopic (exact) mass is 257 g/mol. The van der Waals surface area contributed by atoms with Gasteiger partial charge in [0.1, 0.15) is 11.9 Å². The first-order valence-corrected chi connectivity index (χ1v) is 6.48. The molecule has 0 aliphatic rings. The van der Waals surface area contributed by atoms with Crippen molar-refractivity contribution in [1.82, 2.24) is 4.72 Å². The van der Waals surface area contributed by atoms with Crippen LogP contribution in [-0.2, 0) is 10.0 Å². The summed E-state index contributed by atoms with van der Waals surface area (Å²) in [6, 6.07) is 5.53. The Balaban J connectivity index is 2.68. The quantitative estimate of drug-likeness (QED) is 0.811. The highest BCUT2D eigenvalue weighted by atomic mass is 32.2. The van der Waals surface area contributed by atoms with E-state index in [-0.39, 0.29) is 17.9 Å². The number of nitrogens with zero attached hydrogens (tertiary/aromatic N) is 1. The molecule has 0 aliphatic carbocycles. The van der Waals surface area contributed by atoms with Gasteiger partial charge in [-0.05, 0) is 25.2 Å². The highest BCUT2D eigenvalue weighted by Gasteiger charge is 2.07. The van der Waals surface area contributed by atoms with Gasteiger partial charge in [-0.1, -0.05) is 0 Å². The Morgan fingerprint density at radius 1 is 1.47 bits per heavy atom. The third kappa shape index (κ3) is 4.01. The van der Waals surface area contributed by atoms with Crippen LogP contribution in [0.15, 0.2) is 18.2 Å². The number of hydrogen-bond donors (Lipinski definition) is 2. The van der Waals surface area contributed by atoms with Gasteiger partial charge < -0.3 is 5.32 Å². The van der Waals surface area contributed by atoms with Gasteiger partial charge in [0.15, 0.2) is 0 Å². The number of benzene rings is 1. The number of anilines is 1. The minimum atomic E-state index is -3.29. The molecule has 1 aromatic carbocycles. The van der Waals surface area contributed by atoms with Crippen molar-refractivity contribution in [3.63, 3.8) is 0 Å². The van der Waals surface area contributed by atoms with E-state index in [9.17, 15) is 12.8 Å². The first-order chi connectivity index (χ1) is 7.98. The zero-order chi connectivity index (χ0) is 12.9. The fourth-order valence-corrected chi connectivity index (χ4v) is 1.76. The normalized spacial score (nSPS) is 10.9. The molecular formula is C10H12FN3O2S. The number of nitrogens with one attached hydrogen (secondary N) is 2. The standard InChI is InChI=1S/C10H12FN3O2S/c1-13-17(15,16)5-4-14-10-3-2-9(11)6-8(10)7-12/h2-3,6,13-14H,4-5H2,1H3. The first-order valence-electron chi connectivity index (χ1n) is 4.83. The van der Waals surface area contributed by atoms with Crippen LogP contribution in [0.25, 0.3) is 0 Å². The molecule has 1 aromatic rings. The van der Waals surface area contributed by atoms with Gasteiger partial charge in [-0.25, -0.2) is 17.5 Å². The molecule has 7 heteroatoms. The number of nitriles is 1. The molecule has 0 aliphatic heterocycles. The fraction of sp³-hybridized carbons (Fsp3) is 0.300. The summed E-state index contributed by atoms with van der Waals surface area (Å²) >= 11 is 0. The molecule has 0 unspecified atom stereocenters. The summed E-state index contributed by atoms with van der Waals surface area (Å²) in [5.41, 5.74) is 0.562. The third-order valence-electron chi connectivity index (χ3n) is 2.10. The summed E-state index contributed by atoms with van der Waals surface area (Å²) in [6.07, 6.45) is 0. The van der Waals surface area contributed by atoms with Crippen LogP contribution in [0.5, 0.6) is 0 Å². The molecule has 0 fully saturated rings. The summed E-state index contributed by atoms with van der Waals surface area (Å²) in [6.45, 7) is 0.142. The van der Waals surface area contributed by atoms with Crippen molar-refractivity contribution in [3.05, 3.63) is 29.6 Å². The van der Waals surface area contributed by atoms with E-state index in [1.165, 1.54) is 19.2 Å². The molecule has 0 amide bonds. The van der Waals surface area contributed by atoms with Crippen molar-refractivity contribution < 1.29 is 12.8 Å². The average molecular weight is 257 g/mol. The highest BCUT2D eigenvalue weighted by molar-refractivity contribution is 7.89. The van der Waals surface area contributed by atoms with Gasteiger partial charge in [-0.15, -0.1) is 0 Å². The zero-order valence-corrected chi connectivity index (χ0v) is 10.0. The maximum atomic E-state index is 12.8. The molecule has 92 valence electrons. The Hall–Kier alpha value is -1.65. The maximum absolute atomic E-state index is 12.8. The zero-order valence-electron chi connectivity index (χ0n) is 9.20. The molecule has 1 rings (SSSR count). The van der Waals surface area contributed by atoms with Crippen molar-refractivity contribution in [2.75, 3.05) is 24.7 Å². The number of halogens is 1. The first kappa shape index (κ1) is 13.4. The second-order valence-electron chi connectivity index (χ2n) is 3.25. The Morgan fingerprint density at radius 3 is 2.76 bits per heavy atom. The molecule has 2 N–H and O–H groups in total.